The van der Waals surface area contributed by atoms with E-state index in [-0.39, 0.29) is 30.0 Å². The zero-order valence-electron chi connectivity index (χ0n) is 15.1. The molecule has 1 aromatic carbocycles. The molecule has 0 radical (unpaired) electrons. The first-order chi connectivity index (χ1) is 12.5. The van der Waals surface area contributed by atoms with Crippen molar-refractivity contribution < 1.29 is 19.5 Å². The van der Waals surface area contributed by atoms with Crippen LogP contribution in [0.15, 0.2) is 46.8 Å². The van der Waals surface area contributed by atoms with Crippen LogP contribution in [0.2, 0.25) is 0 Å². The van der Waals surface area contributed by atoms with E-state index in [2.05, 4.69) is 15.8 Å². The lowest BCUT2D eigenvalue weighted by molar-refractivity contribution is -0.116. The van der Waals surface area contributed by atoms with Crippen molar-refractivity contribution in [2.75, 3.05) is 11.9 Å². The number of para-hydroxylation sites is 1. The Hall–Kier alpha value is -2.83. The van der Waals surface area contributed by atoms with Gasteiger partial charge in [-0.1, -0.05) is 36.7 Å². The van der Waals surface area contributed by atoms with Crippen molar-refractivity contribution >= 4 is 23.2 Å². The lowest BCUT2D eigenvalue weighted by Crippen LogP contribution is -2.42. The molecule has 1 aliphatic rings. The van der Waals surface area contributed by atoms with Crippen LogP contribution in [0, 0.1) is 0 Å². The third-order valence-electron chi connectivity index (χ3n) is 3.89. The van der Waals surface area contributed by atoms with Crippen molar-refractivity contribution in [1.82, 2.24) is 5.32 Å². The predicted octanol–water partition coefficient (Wildman–Crippen LogP) is 3.54. The van der Waals surface area contributed by atoms with Crippen molar-refractivity contribution in [3.63, 3.8) is 0 Å². The number of carbonyl (C=O) groups is 2. The highest BCUT2D eigenvalue weighted by Crippen LogP contribution is 2.24. The van der Waals surface area contributed by atoms with E-state index in [1.54, 1.807) is 19.1 Å². The van der Waals surface area contributed by atoms with Gasteiger partial charge in [0, 0.05) is 24.6 Å². The first-order valence-electron chi connectivity index (χ1n) is 8.82. The number of hydrogen-bond donors (Lipinski definition) is 3. The summed E-state index contributed by atoms with van der Waals surface area (Å²) in [5.41, 5.74) is 1.34. The molecule has 0 saturated carbocycles. The Kier molecular flexibility index (Phi) is 7.20. The predicted molar refractivity (Wildman–Crippen MR) is 100 cm³/mol. The standard InChI is InChI=1S/C19H25N3O4/c1-3-8-15(22-26-4-2)18-16(23)11-14(12-17(18)24)21-19(25)20-13-9-6-5-7-10-13/h5-7,9-10,14,23H,3-4,8,11-12H2,1-2H3,(H2,20,21,25). The van der Waals surface area contributed by atoms with Gasteiger partial charge in [0.2, 0.25) is 0 Å². The van der Waals surface area contributed by atoms with Crippen LogP contribution in [0.3, 0.4) is 0 Å². The minimum Gasteiger partial charge on any atom is -0.511 e. The van der Waals surface area contributed by atoms with Crippen molar-refractivity contribution in [3.05, 3.63) is 41.7 Å². The molecule has 0 aliphatic heterocycles. The van der Waals surface area contributed by atoms with E-state index < -0.39 is 12.1 Å². The molecule has 140 valence electrons. The topological polar surface area (TPSA) is 100 Å². The smallest absolute Gasteiger partial charge is 0.319 e. The van der Waals surface area contributed by atoms with Crippen LogP contribution >= 0.6 is 0 Å². The average molecular weight is 359 g/mol. The SMILES string of the molecule is CCCC(=NOCC)C1=C(O)CC(NC(=O)Nc2ccccc2)CC1=O. The molecule has 2 rings (SSSR count). The van der Waals surface area contributed by atoms with E-state index in [0.29, 0.717) is 24.4 Å². The summed E-state index contributed by atoms with van der Waals surface area (Å²) in [6.07, 6.45) is 1.60. The minimum absolute atomic E-state index is 0.0573. The number of aliphatic hydroxyl groups is 1. The molecule has 1 atom stereocenters. The highest BCUT2D eigenvalue weighted by molar-refractivity contribution is 6.23. The molecular formula is C19H25N3O4. The number of anilines is 1. The number of benzene rings is 1. The maximum Gasteiger partial charge on any atom is 0.319 e. The van der Waals surface area contributed by atoms with Crippen LogP contribution in [0.1, 0.15) is 39.5 Å². The number of nitrogens with one attached hydrogen (secondary N) is 2. The second-order valence-electron chi connectivity index (χ2n) is 6.02. The number of nitrogens with zero attached hydrogens (tertiary/aromatic N) is 1. The first kappa shape index (κ1) is 19.5. The maximum absolute atomic E-state index is 12.5. The van der Waals surface area contributed by atoms with Gasteiger partial charge < -0.3 is 20.6 Å². The molecule has 0 saturated heterocycles. The van der Waals surface area contributed by atoms with E-state index in [0.717, 1.165) is 6.42 Å². The lowest BCUT2D eigenvalue weighted by atomic mass is 9.88. The first-order valence-corrected chi connectivity index (χ1v) is 8.82. The number of oxime groups is 1. The Morgan fingerprint density at radius 2 is 2.00 bits per heavy atom. The molecule has 0 aromatic heterocycles. The van der Waals surface area contributed by atoms with Crippen molar-refractivity contribution in [1.29, 1.82) is 0 Å². The molecule has 2 amide bonds. The number of aliphatic hydroxyl groups excluding tert-OH is 1. The van der Waals surface area contributed by atoms with E-state index in [1.165, 1.54) is 0 Å². The van der Waals surface area contributed by atoms with Gasteiger partial charge >= 0.3 is 6.03 Å². The summed E-state index contributed by atoms with van der Waals surface area (Å²) in [6.45, 7) is 4.15. The van der Waals surface area contributed by atoms with Crippen LogP contribution in [0.25, 0.3) is 0 Å². The summed E-state index contributed by atoms with van der Waals surface area (Å²) in [7, 11) is 0. The number of carbonyl (C=O) groups excluding carboxylic acids is 2. The fourth-order valence-electron chi connectivity index (χ4n) is 2.79. The third-order valence-corrected chi connectivity index (χ3v) is 3.89. The largest absolute Gasteiger partial charge is 0.511 e. The van der Waals surface area contributed by atoms with Crippen molar-refractivity contribution in [2.45, 2.75) is 45.6 Å². The van der Waals surface area contributed by atoms with Gasteiger partial charge in [-0.05, 0) is 25.5 Å². The lowest BCUT2D eigenvalue weighted by Gasteiger charge is -2.25. The fraction of sp³-hybridized carbons (Fsp3) is 0.421. The summed E-state index contributed by atoms with van der Waals surface area (Å²) in [6, 6.07) is 8.13. The van der Waals surface area contributed by atoms with E-state index in [1.807, 2.05) is 25.1 Å². The average Bonchev–Trinajstić information content (AvgIpc) is 2.59. The summed E-state index contributed by atoms with van der Waals surface area (Å²) in [5, 5.41) is 19.8. The maximum atomic E-state index is 12.5. The highest BCUT2D eigenvalue weighted by Gasteiger charge is 2.31. The molecule has 7 heteroatoms. The quantitative estimate of drug-likeness (QED) is 0.512. The van der Waals surface area contributed by atoms with Gasteiger partial charge in [-0.15, -0.1) is 0 Å². The normalized spacial score (nSPS) is 17.8. The van der Waals surface area contributed by atoms with Gasteiger partial charge in [0.1, 0.15) is 12.4 Å². The molecule has 0 bridgehead atoms. The molecule has 1 aromatic rings. The number of allylic oxidation sites excluding steroid dienone is 1. The number of hydrogen-bond acceptors (Lipinski definition) is 5. The summed E-state index contributed by atoms with van der Waals surface area (Å²) >= 11 is 0. The van der Waals surface area contributed by atoms with E-state index in [9.17, 15) is 14.7 Å². The Balaban J connectivity index is 2.05. The molecular weight excluding hydrogens is 334 g/mol. The van der Waals surface area contributed by atoms with Gasteiger partial charge in [0.25, 0.3) is 0 Å². The summed E-state index contributed by atoms with van der Waals surface area (Å²) in [5.74, 6) is -0.302. The zero-order chi connectivity index (χ0) is 18.9. The number of ketones is 1. The van der Waals surface area contributed by atoms with Crippen molar-refractivity contribution in [3.8, 4) is 0 Å². The zero-order valence-corrected chi connectivity index (χ0v) is 15.1. The number of amides is 2. The molecule has 0 heterocycles. The van der Waals surface area contributed by atoms with E-state index >= 15 is 0 Å². The van der Waals surface area contributed by atoms with Gasteiger partial charge in [0.15, 0.2) is 5.78 Å². The van der Waals surface area contributed by atoms with Crippen LogP contribution < -0.4 is 10.6 Å². The third kappa shape index (κ3) is 5.34. The van der Waals surface area contributed by atoms with Crippen molar-refractivity contribution in [2.24, 2.45) is 5.16 Å². The summed E-state index contributed by atoms with van der Waals surface area (Å²) in [4.78, 5) is 29.7. The Morgan fingerprint density at radius 1 is 1.27 bits per heavy atom. The molecule has 1 unspecified atom stereocenters. The van der Waals surface area contributed by atoms with Crippen LogP contribution in [0.4, 0.5) is 10.5 Å². The molecule has 0 fully saturated rings. The minimum atomic E-state index is -0.468. The number of urea groups is 1. The Labute approximate surface area is 153 Å². The van der Waals surface area contributed by atoms with Crippen LogP contribution in [-0.2, 0) is 9.63 Å². The molecule has 1 aliphatic carbocycles. The van der Waals surface area contributed by atoms with Crippen LogP contribution in [-0.4, -0.2) is 35.3 Å². The molecule has 7 nitrogen and oxygen atoms in total. The Morgan fingerprint density at radius 3 is 2.62 bits per heavy atom. The van der Waals surface area contributed by atoms with Gasteiger partial charge in [0.05, 0.1) is 11.3 Å². The van der Waals surface area contributed by atoms with E-state index in [4.69, 9.17) is 4.84 Å². The Bertz CT molecular complexity index is 698. The van der Waals surface area contributed by atoms with Gasteiger partial charge in [-0.3, -0.25) is 4.79 Å². The number of Topliss-reactive ketones (excluding diaryl/α,β-unsaturated/α-hetero) is 1. The highest BCUT2D eigenvalue weighted by atomic mass is 16.6. The van der Waals surface area contributed by atoms with Gasteiger partial charge in [-0.2, -0.15) is 0 Å². The van der Waals surface area contributed by atoms with Gasteiger partial charge in [-0.25, -0.2) is 4.79 Å². The fourth-order valence-corrected chi connectivity index (χ4v) is 2.79. The molecule has 0 spiro atoms. The second kappa shape index (κ2) is 9.60. The monoisotopic (exact) mass is 359 g/mol. The second-order valence-corrected chi connectivity index (χ2v) is 6.02. The molecule has 3 N–H and O–H groups in total. The summed E-state index contributed by atoms with van der Waals surface area (Å²) < 4.78 is 0. The number of rotatable bonds is 7. The van der Waals surface area contributed by atoms with Crippen LogP contribution in [0.5, 0.6) is 0 Å². The molecule has 26 heavy (non-hydrogen) atoms.